The van der Waals surface area contributed by atoms with E-state index in [4.69, 9.17) is 16.3 Å². The van der Waals surface area contributed by atoms with Crippen LogP contribution in [0, 0.1) is 15.9 Å². The molecule has 1 aromatic heterocycles. The summed E-state index contributed by atoms with van der Waals surface area (Å²) in [5.74, 6) is -0.774. The average molecular weight is 348 g/mol. The van der Waals surface area contributed by atoms with E-state index in [0.717, 1.165) is 6.07 Å². The van der Waals surface area contributed by atoms with Crippen molar-refractivity contribution in [3.8, 4) is 11.5 Å². The van der Waals surface area contributed by atoms with E-state index in [2.05, 4.69) is 20.9 Å². The molecule has 1 heterocycles. The quantitative estimate of drug-likeness (QED) is 0.612. The molecule has 2 aromatic rings. The first-order chi connectivity index (χ1) is 8.97. The summed E-state index contributed by atoms with van der Waals surface area (Å²) in [6.07, 6.45) is 2.89. The van der Waals surface area contributed by atoms with Gasteiger partial charge in [-0.25, -0.2) is 4.39 Å². The molecule has 5 nitrogen and oxygen atoms in total. The lowest BCUT2D eigenvalue weighted by atomic mass is 10.3. The van der Waals surface area contributed by atoms with E-state index in [1.54, 1.807) is 6.07 Å². The molecule has 0 saturated heterocycles. The molecule has 19 heavy (non-hydrogen) atoms. The molecule has 2 rings (SSSR count). The van der Waals surface area contributed by atoms with Crippen LogP contribution in [0.4, 0.5) is 10.1 Å². The van der Waals surface area contributed by atoms with Gasteiger partial charge in [0.05, 0.1) is 22.2 Å². The molecule has 0 unspecified atom stereocenters. The van der Waals surface area contributed by atoms with E-state index in [1.165, 1.54) is 12.4 Å². The highest BCUT2D eigenvalue weighted by atomic mass is 79.9. The topological polar surface area (TPSA) is 65.3 Å². The molecule has 0 atom stereocenters. The summed E-state index contributed by atoms with van der Waals surface area (Å²) in [5.41, 5.74) is -0.512. The molecule has 1 aromatic carbocycles. The smallest absolute Gasteiger partial charge is 0.314 e. The minimum atomic E-state index is -0.881. The SMILES string of the molecule is O=[N+]([O-])c1cc(F)c(Cl)cc1Oc1cncc(Br)c1. The van der Waals surface area contributed by atoms with Crippen LogP contribution in [0.5, 0.6) is 11.5 Å². The highest BCUT2D eigenvalue weighted by Crippen LogP contribution is 2.35. The molecular weight excluding hydrogens is 342 g/mol. The third kappa shape index (κ3) is 3.18. The Kier molecular flexibility index (Phi) is 3.96. The molecule has 0 aliphatic rings. The maximum Gasteiger partial charge on any atom is 0.314 e. The Hall–Kier alpha value is -1.73. The number of nitro benzene ring substituents is 1. The van der Waals surface area contributed by atoms with Gasteiger partial charge in [0.2, 0.25) is 5.75 Å². The van der Waals surface area contributed by atoms with E-state index >= 15 is 0 Å². The van der Waals surface area contributed by atoms with Gasteiger partial charge >= 0.3 is 5.69 Å². The number of halogens is 3. The Balaban J connectivity index is 2.44. The zero-order chi connectivity index (χ0) is 14.0. The molecule has 8 heteroatoms. The predicted octanol–water partition coefficient (Wildman–Crippen LogP) is 4.34. The normalized spacial score (nSPS) is 10.3. The number of nitrogens with zero attached hydrogens (tertiary/aromatic N) is 2. The van der Waals surface area contributed by atoms with Gasteiger partial charge in [-0.2, -0.15) is 0 Å². The molecule has 0 aliphatic carbocycles. The molecule has 0 fully saturated rings. The summed E-state index contributed by atoms with van der Waals surface area (Å²) < 4.78 is 19.2. The Morgan fingerprint density at radius 1 is 1.37 bits per heavy atom. The van der Waals surface area contributed by atoms with Gasteiger partial charge in [-0.3, -0.25) is 15.1 Å². The maximum absolute atomic E-state index is 13.2. The number of pyridine rings is 1. The van der Waals surface area contributed by atoms with Crippen molar-refractivity contribution < 1.29 is 14.1 Å². The van der Waals surface area contributed by atoms with Crippen molar-refractivity contribution in [1.29, 1.82) is 0 Å². The maximum atomic E-state index is 13.2. The van der Waals surface area contributed by atoms with Crippen molar-refractivity contribution in [2.75, 3.05) is 0 Å². The van der Waals surface area contributed by atoms with Crippen molar-refractivity contribution in [3.05, 3.63) is 56.0 Å². The van der Waals surface area contributed by atoms with E-state index in [9.17, 15) is 14.5 Å². The fourth-order valence-electron chi connectivity index (χ4n) is 1.32. The van der Waals surface area contributed by atoms with Gasteiger partial charge in [-0.15, -0.1) is 0 Å². The number of ether oxygens (including phenoxy) is 1. The van der Waals surface area contributed by atoms with Crippen LogP contribution < -0.4 is 4.74 Å². The van der Waals surface area contributed by atoms with Gasteiger partial charge in [0.15, 0.2) is 0 Å². The average Bonchev–Trinajstić information content (AvgIpc) is 2.33. The highest BCUT2D eigenvalue weighted by molar-refractivity contribution is 9.10. The second-order valence-electron chi connectivity index (χ2n) is 3.43. The molecule has 98 valence electrons. The van der Waals surface area contributed by atoms with Crippen molar-refractivity contribution in [1.82, 2.24) is 4.98 Å². The third-order valence-electron chi connectivity index (χ3n) is 2.11. The van der Waals surface area contributed by atoms with Crippen LogP contribution in [0.15, 0.2) is 35.1 Å². The minimum absolute atomic E-state index is 0.156. The van der Waals surface area contributed by atoms with Crippen LogP contribution in [0.3, 0.4) is 0 Å². The lowest BCUT2D eigenvalue weighted by molar-refractivity contribution is -0.385. The standard InChI is InChI=1S/C11H5BrClFN2O3/c12-6-1-7(5-15-4-6)19-11-2-8(13)9(14)3-10(11)16(17)18/h1-5H. The Labute approximate surface area is 120 Å². The van der Waals surface area contributed by atoms with Crippen molar-refractivity contribution in [3.63, 3.8) is 0 Å². The third-order valence-corrected chi connectivity index (χ3v) is 2.83. The van der Waals surface area contributed by atoms with Gasteiger partial charge in [-0.05, 0) is 22.0 Å². The van der Waals surface area contributed by atoms with E-state index in [0.29, 0.717) is 10.5 Å². The summed E-state index contributed by atoms with van der Waals surface area (Å²) in [4.78, 5) is 13.9. The molecule has 0 radical (unpaired) electrons. The van der Waals surface area contributed by atoms with E-state index < -0.39 is 16.4 Å². The molecule has 0 N–H and O–H groups in total. The minimum Gasteiger partial charge on any atom is -0.448 e. The van der Waals surface area contributed by atoms with Gasteiger partial charge in [0.25, 0.3) is 0 Å². The van der Waals surface area contributed by atoms with Crippen molar-refractivity contribution in [2.24, 2.45) is 0 Å². The molecule has 0 amide bonds. The summed E-state index contributed by atoms with van der Waals surface area (Å²) in [6, 6.07) is 3.33. The number of nitro groups is 1. The highest BCUT2D eigenvalue weighted by Gasteiger charge is 2.20. The van der Waals surface area contributed by atoms with E-state index in [1.807, 2.05) is 0 Å². The first-order valence-electron chi connectivity index (χ1n) is 4.89. The van der Waals surface area contributed by atoms with Crippen LogP contribution in [-0.2, 0) is 0 Å². The lowest BCUT2D eigenvalue weighted by Crippen LogP contribution is -1.95. The Morgan fingerprint density at radius 3 is 2.74 bits per heavy atom. The first kappa shape index (κ1) is 13.7. The first-order valence-corrected chi connectivity index (χ1v) is 6.06. The summed E-state index contributed by atoms with van der Waals surface area (Å²) in [7, 11) is 0. The monoisotopic (exact) mass is 346 g/mol. The van der Waals surface area contributed by atoms with Crippen LogP contribution in [0.2, 0.25) is 5.02 Å². The van der Waals surface area contributed by atoms with E-state index in [-0.39, 0.29) is 16.5 Å². The number of benzene rings is 1. The number of rotatable bonds is 3. The zero-order valence-corrected chi connectivity index (χ0v) is 11.5. The second kappa shape index (κ2) is 5.50. The summed E-state index contributed by atoms with van der Waals surface area (Å²) >= 11 is 8.77. The lowest BCUT2D eigenvalue weighted by Gasteiger charge is -2.07. The molecule has 0 aliphatic heterocycles. The number of hydrogen-bond donors (Lipinski definition) is 0. The van der Waals surface area contributed by atoms with Gasteiger partial charge in [0, 0.05) is 16.7 Å². The fourth-order valence-corrected chi connectivity index (χ4v) is 1.82. The molecule has 0 bridgehead atoms. The van der Waals surface area contributed by atoms with Gasteiger partial charge in [-0.1, -0.05) is 11.6 Å². The van der Waals surface area contributed by atoms with Crippen LogP contribution >= 0.6 is 27.5 Å². The van der Waals surface area contributed by atoms with Crippen molar-refractivity contribution in [2.45, 2.75) is 0 Å². The van der Waals surface area contributed by atoms with Crippen LogP contribution in [0.25, 0.3) is 0 Å². The number of aromatic nitrogens is 1. The summed E-state index contributed by atoms with van der Waals surface area (Å²) in [5, 5.41) is 10.6. The second-order valence-corrected chi connectivity index (χ2v) is 4.75. The summed E-state index contributed by atoms with van der Waals surface area (Å²) in [6.45, 7) is 0. The molecule has 0 spiro atoms. The van der Waals surface area contributed by atoms with Crippen molar-refractivity contribution >= 4 is 33.2 Å². The van der Waals surface area contributed by atoms with Gasteiger partial charge in [0.1, 0.15) is 11.6 Å². The predicted molar refractivity (Wildman–Crippen MR) is 70.1 cm³/mol. The largest absolute Gasteiger partial charge is 0.448 e. The Bertz CT molecular complexity index is 654. The molecular formula is C11H5BrClFN2O3. The van der Waals surface area contributed by atoms with Crippen LogP contribution in [-0.4, -0.2) is 9.91 Å². The van der Waals surface area contributed by atoms with Crippen LogP contribution in [0.1, 0.15) is 0 Å². The number of hydrogen-bond acceptors (Lipinski definition) is 4. The van der Waals surface area contributed by atoms with Gasteiger partial charge < -0.3 is 4.74 Å². The zero-order valence-electron chi connectivity index (χ0n) is 9.14. The Morgan fingerprint density at radius 2 is 2.11 bits per heavy atom. The molecule has 0 saturated carbocycles. The fraction of sp³-hybridized carbons (Fsp3) is 0.